The third kappa shape index (κ3) is 2.43. The number of nitro benzene ring substituents is 1. The molecule has 0 atom stereocenters. The Bertz CT molecular complexity index is 564. The van der Waals surface area contributed by atoms with Crippen molar-refractivity contribution in [3.05, 3.63) is 46.5 Å². The third-order valence-electron chi connectivity index (χ3n) is 1.96. The summed E-state index contributed by atoms with van der Waals surface area (Å²) in [5.41, 5.74) is 0.126. The van der Waals surface area contributed by atoms with Crippen LogP contribution in [0.15, 0.2) is 36.0 Å². The van der Waals surface area contributed by atoms with E-state index >= 15 is 0 Å². The van der Waals surface area contributed by atoms with Crippen molar-refractivity contribution in [2.24, 2.45) is 5.10 Å². The summed E-state index contributed by atoms with van der Waals surface area (Å²) in [5.74, 6) is -0.0903. The molecule has 0 radical (unpaired) electrons. The minimum atomic E-state index is -0.546. The second kappa shape index (κ2) is 4.39. The molecule has 17 heavy (non-hydrogen) atoms. The first-order valence-electron chi connectivity index (χ1n) is 4.53. The molecular weight excluding hydrogens is 226 g/mol. The van der Waals surface area contributed by atoms with Crippen LogP contribution in [0.5, 0.6) is 5.75 Å². The lowest BCUT2D eigenvalue weighted by Gasteiger charge is -1.98. The van der Waals surface area contributed by atoms with Crippen molar-refractivity contribution in [3.8, 4) is 5.75 Å². The highest BCUT2D eigenvalue weighted by Crippen LogP contribution is 2.21. The van der Waals surface area contributed by atoms with E-state index in [1.54, 1.807) is 0 Å². The molecule has 1 aromatic carbocycles. The van der Waals surface area contributed by atoms with E-state index in [0.29, 0.717) is 0 Å². The third-order valence-corrected chi connectivity index (χ3v) is 1.96. The number of benzene rings is 1. The van der Waals surface area contributed by atoms with Crippen LogP contribution in [0.1, 0.15) is 5.56 Å². The Hall–Kier alpha value is -2.77. The zero-order valence-corrected chi connectivity index (χ0v) is 8.46. The van der Waals surface area contributed by atoms with Gasteiger partial charge in [-0.1, -0.05) is 0 Å². The molecule has 1 aromatic heterocycles. The van der Waals surface area contributed by atoms with Crippen LogP contribution in [0.3, 0.4) is 0 Å². The van der Waals surface area contributed by atoms with Gasteiger partial charge in [-0.05, 0) is 6.07 Å². The minimum Gasteiger partial charge on any atom is -0.507 e. The van der Waals surface area contributed by atoms with Crippen molar-refractivity contribution in [2.45, 2.75) is 0 Å². The fourth-order valence-corrected chi connectivity index (χ4v) is 1.14. The summed E-state index contributed by atoms with van der Waals surface area (Å²) in [7, 11) is 0. The Labute approximate surface area is 95.0 Å². The monoisotopic (exact) mass is 233 g/mol. The van der Waals surface area contributed by atoms with Gasteiger partial charge in [0.1, 0.15) is 18.4 Å². The smallest absolute Gasteiger partial charge is 0.270 e. The Morgan fingerprint density at radius 2 is 2.12 bits per heavy atom. The maximum atomic E-state index is 10.6. The van der Waals surface area contributed by atoms with Crippen molar-refractivity contribution in [3.63, 3.8) is 0 Å². The van der Waals surface area contributed by atoms with Crippen LogP contribution in [-0.4, -0.2) is 31.1 Å². The standard InChI is InChI=1S/C9H7N5O3/c15-9-2-1-8(14(16)17)3-7(9)4-12-13-5-10-11-6-13/h1-6,15H. The molecule has 0 aliphatic heterocycles. The van der Waals surface area contributed by atoms with Gasteiger partial charge in [-0.25, -0.2) is 4.68 Å². The number of non-ortho nitro benzene ring substituents is 1. The molecule has 0 bridgehead atoms. The maximum Gasteiger partial charge on any atom is 0.270 e. The van der Waals surface area contributed by atoms with Crippen LogP contribution in [0.25, 0.3) is 0 Å². The summed E-state index contributed by atoms with van der Waals surface area (Å²) in [6, 6.07) is 3.68. The molecule has 1 N–H and O–H groups in total. The van der Waals surface area contributed by atoms with E-state index in [9.17, 15) is 15.2 Å². The predicted molar refractivity (Wildman–Crippen MR) is 57.8 cm³/mol. The summed E-state index contributed by atoms with van der Waals surface area (Å²) in [4.78, 5) is 10.0. The van der Waals surface area contributed by atoms with E-state index in [4.69, 9.17) is 0 Å². The quantitative estimate of drug-likeness (QED) is 0.478. The molecule has 2 rings (SSSR count). The van der Waals surface area contributed by atoms with Crippen molar-refractivity contribution in [1.82, 2.24) is 14.9 Å². The van der Waals surface area contributed by atoms with E-state index in [2.05, 4.69) is 15.3 Å². The summed E-state index contributed by atoms with van der Waals surface area (Å²) in [6.07, 6.45) is 3.99. The van der Waals surface area contributed by atoms with Crippen LogP contribution >= 0.6 is 0 Å². The first-order chi connectivity index (χ1) is 8.16. The minimum absolute atomic E-state index is 0.0903. The highest BCUT2D eigenvalue weighted by atomic mass is 16.6. The van der Waals surface area contributed by atoms with Crippen molar-refractivity contribution in [1.29, 1.82) is 0 Å². The highest BCUT2D eigenvalue weighted by molar-refractivity contribution is 5.84. The predicted octanol–water partition coefficient (Wildman–Crippen LogP) is 0.774. The number of rotatable bonds is 3. The largest absolute Gasteiger partial charge is 0.507 e. The van der Waals surface area contributed by atoms with Gasteiger partial charge in [-0.15, -0.1) is 10.2 Å². The highest BCUT2D eigenvalue weighted by Gasteiger charge is 2.08. The molecule has 86 valence electrons. The SMILES string of the molecule is O=[N+]([O-])c1ccc(O)c(C=Nn2cnnc2)c1. The van der Waals surface area contributed by atoms with Crippen LogP contribution < -0.4 is 0 Å². The number of nitro groups is 1. The molecule has 0 saturated carbocycles. The average Bonchev–Trinajstić information content (AvgIpc) is 2.80. The number of hydrogen-bond acceptors (Lipinski definition) is 6. The van der Waals surface area contributed by atoms with Crippen molar-refractivity contribution in [2.75, 3.05) is 0 Å². The van der Waals surface area contributed by atoms with Gasteiger partial charge in [-0.3, -0.25) is 10.1 Å². The van der Waals surface area contributed by atoms with Gasteiger partial charge >= 0.3 is 0 Å². The van der Waals surface area contributed by atoms with Crippen LogP contribution in [0.2, 0.25) is 0 Å². The van der Waals surface area contributed by atoms with E-state index in [1.807, 2.05) is 0 Å². The summed E-state index contributed by atoms with van der Waals surface area (Å²) < 4.78 is 1.30. The molecular formula is C9H7N5O3. The van der Waals surface area contributed by atoms with Gasteiger partial charge in [0.25, 0.3) is 5.69 Å². The fourth-order valence-electron chi connectivity index (χ4n) is 1.14. The molecule has 8 heteroatoms. The van der Waals surface area contributed by atoms with Gasteiger partial charge in [0.05, 0.1) is 11.1 Å². The number of nitrogens with zero attached hydrogens (tertiary/aromatic N) is 5. The first kappa shape index (κ1) is 10.7. The number of hydrogen-bond donors (Lipinski definition) is 1. The molecule has 0 saturated heterocycles. The van der Waals surface area contributed by atoms with Crippen LogP contribution in [-0.2, 0) is 0 Å². The van der Waals surface area contributed by atoms with E-state index in [0.717, 1.165) is 0 Å². The van der Waals surface area contributed by atoms with Gasteiger partial charge in [0.15, 0.2) is 0 Å². The molecule has 8 nitrogen and oxygen atoms in total. The second-order valence-electron chi connectivity index (χ2n) is 3.09. The van der Waals surface area contributed by atoms with Crippen molar-refractivity contribution >= 4 is 11.9 Å². The summed E-state index contributed by atoms with van der Waals surface area (Å²) in [6.45, 7) is 0. The number of phenolic OH excluding ortho intramolecular Hbond substituents is 1. The number of aromatic hydroxyl groups is 1. The lowest BCUT2D eigenvalue weighted by Crippen LogP contribution is -1.92. The fraction of sp³-hybridized carbons (Fsp3) is 0. The first-order valence-corrected chi connectivity index (χ1v) is 4.53. The summed E-state index contributed by atoms with van der Waals surface area (Å²) in [5, 5.41) is 31.0. The summed E-state index contributed by atoms with van der Waals surface area (Å²) >= 11 is 0. The van der Waals surface area contributed by atoms with Gasteiger partial charge in [-0.2, -0.15) is 5.10 Å². The van der Waals surface area contributed by atoms with Crippen LogP contribution in [0, 0.1) is 10.1 Å². The average molecular weight is 233 g/mol. The van der Waals surface area contributed by atoms with E-state index in [1.165, 1.54) is 41.7 Å². The number of aromatic nitrogens is 3. The van der Waals surface area contributed by atoms with Gasteiger partial charge < -0.3 is 5.11 Å². The van der Waals surface area contributed by atoms with Gasteiger partial charge in [0.2, 0.25) is 0 Å². The zero-order valence-electron chi connectivity index (χ0n) is 8.46. The topological polar surface area (TPSA) is 106 Å². The Kier molecular flexibility index (Phi) is 2.77. The van der Waals surface area contributed by atoms with E-state index in [-0.39, 0.29) is 17.0 Å². The zero-order chi connectivity index (χ0) is 12.3. The lowest BCUT2D eigenvalue weighted by molar-refractivity contribution is -0.384. The van der Waals surface area contributed by atoms with E-state index < -0.39 is 4.92 Å². The number of phenols is 1. The van der Waals surface area contributed by atoms with Gasteiger partial charge in [0, 0.05) is 17.7 Å². The molecule has 0 fully saturated rings. The Morgan fingerprint density at radius 1 is 1.41 bits per heavy atom. The molecule has 0 spiro atoms. The normalized spacial score (nSPS) is 10.8. The molecule has 1 heterocycles. The Balaban J connectivity index is 2.31. The molecule has 2 aromatic rings. The van der Waals surface area contributed by atoms with Crippen LogP contribution in [0.4, 0.5) is 5.69 Å². The Morgan fingerprint density at radius 3 is 2.76 bits per heavy atom. The molecule has 0 amide bonds. The van der Waals surface area contributed by atoms with Crippen molar-refractivity contribution < 1.29 is 10.0 Å². The second-order valence-corrected chi connectivity index (χ2v) is 3.09. The molecule has 0 aliphatic rings. The molecule has 0 unspecified atom stereocenters. The molecule has 0 aliphatic carbocycles. The lowest BCUT2D eigenvalue weighted by atomic mass is 10.2. The maximum absolute atomic E-state index is 10.6.